The molecule has 0 unspecified atom stereocenters. The molecule has 1 rings (SSSR count). The van der Waals surface area contributed by atoms with E-state index in [1.807, 2.05) is 0 Å². The van der Waals surface area contributed by atoms with Gasteiger partial charge < -0.3 is 15.8 Å². The molecule has 0 aromatic carbocycles. The molecule has 0 spiro atoms. The minimum atomic E-state index is 0.361. The molecule has 1 aromatic heterocycles. The van der Waals surface area contributed by atoms with Crippen LogP contribution in [0, 0.1) is 0 Å². The first-order valence-corrected chi connectivity index (χ1v) is 4.11. The summed E-state index contributed by atoms with van der Waals surface area (Å²) in [5, 5.41) is 3.09. The van der Waals surface area contributed by atoms with Crippen molar-refractivity contribution in [3.05, 3.63) is 18.1 Å². The quantitative estimate of drug-likeness (QED) is 0.627. The topological polar surface area (TPSA) is 73.1 Å². The maximum atomic E-state index is 5.40. The van der Waals surface area contributed by atoms with Gasteiger partial charge in [-0.2, -0.15) is 0 Å². The van der Waals surface area contributed by atoms with E-state index in [4.69, 9.17) is 10.5 Å². The summed E-state index contributed by atoms with van der Waals surface area (Å²) in [7, 11) is 1.66. The lowest BCUT2D eigenvalue weighted by Gasteiger charge is -2.04. The molecule has 3 N–H and O–H groups in total. The molecular weight excluding hydrogens is 168 g/mol. The molecule has 0 saturated carbocycles. The monoisotopic (exact) mass is 182 g/mol. The van der Waals surface area contributed by atoms with Crippen LogP contribution in [-0.4, -0.2) is 30.2 Å². The third-order valence-corrected chi connectivity index (χ3v) is 1.50. The van der Waals surface area contributed by atoms with Crippen LogP contribution in [-0.2, 0) is 11.3 Å². The highest BCUT2D eigenvalue weighted by atomic mass is 16.5. The Morgan fingerprint density at radius 2 is 2.46 bits per heavy atom. The number of anilines is 1. The Morgan fingerprint density at radius 1 is 1.62 bits per heavy atom. The standard InChI is InChI=1S/C8H14N4O/c1-13-5-4-11-7-2-3-10-8(6-9)12-7/h2-3H,4-6,9H2,1H3,(H,10,11,12). The van der Waals surface area contributed by atoms with Gasteiger partial charge in [-0.1, -0.05) is 0 Å². The van der Waals surface area contributed by atoms with Crippen LogP contribution in [0.2, 0.25) is 0 Å². The third-order valence-electron chi connectivity index (χ3n) is 1.50. The third kappa shape index (κ3) is 3.35. The first kappa shape index (κ1) is 9.88. The van der Waals surface area contributed by atoms with Crippen molar-refractivity contribution in [2.45, 2.75) is 6.54 Å². The molecule has 0 fully saturated rings. The second kappa shape index (κ2) is 5.45. The number of methoxy groups -OCH3 is 1. The zero-order valence-corrected chi connectivity index (χ0v) is 7.66. The van der Waals surface area contributed by atoms with E-state index in [0.717, 1.165) is 12.4 Å². The van der Waals surface area contributed by atoms with Crippen molar-refractivity contribution >= 4 is 5.82 Å². The maximum Gasteiger partial charge on any atom is 0.144 e. The lowest BCUT2D eigenvalue weighted by Crippen LogP contribution is -2.11. The Hall–Kier alpha value is -1.20. The zero-order valence-electron chi connectivity index (χ0n) is 7.66. The van der Waals surface area contributed by atoms with Crippen LogP contribution in [0.15, 0.2) is 12.3 Å². The maximum absolute atomic E-state index is 5.40. The van der Waals surface area contributed by atoms with Crippen molar-refractivity contribution in [1.29, 1.82) is 0 Å². The Morgan fingerprint density at radius 3 is 3.15 bits per heavy atom. The summed E-state index contributed by atoms with van der Waals surface area (Å²) in [6, 6.07) is 1.80. The van der Waals surface area contributed by atoms with Crippen LogP contribution in [0.4, 0.5) is 5.82 Å². The van der Waals surface area contributed by atoms with Crippen molar-refractivity contribution in [2.75, 3.05) is 25.6 Å². The number of ether oxygens (including phenoxy) is 1. The number of nitrogens with zero attached hydrogens (tertiary/aromatic N) is 2. The van der Waals surface area contributed by atoms with E-state index in [9.17, 15) is 0 Å². The molecule has 13 heavy (non-hydrogen) atoms. The first-order chi connectivity index (χ1) is 6.36. The van der Waals surface area contributed by atoms with Crippen LogP contribution in [0.3, 0.4) is 0 Å². The van der Waals surface area contributed by atoms with E-state index >= 15 is 0 Å². The normalized spacial score (nSPS) is 10.0. The van der Waals surface area contributed by atoms with E-state index in [-0.39, 0.29) is 0 Å². The lowest BCUT2D eigenvalue weighted by molar-refractivity contribution is 0.210. The number of hydrogen-bond acceptors (Lipinski definition) is 5. The van der Waals surface area contributed by atoms with Crippen molar-refractivity contribution in [3.63, 3.8) is 0 Å². The summed E-state index contributed by atoms with van der Waals surface area (Å²) in [4.78, 5) is 8.14. The van der Waals surface area contributed by atoms with Crippen LogP contribution in [0.25, 0.3) is 0 Å². The lowest BCUT2D eigenvalue weighted by atomic mass is 10.5. The molecule has 5 nitrogen and oxygen atoms in total. The Labute approximate surface area is 77.3 Å². The fourth-order valence-corrected chi connectivity index (χ4v) is 0.877. The molecule has 0 saturated heterocycles. The van der Waals surface area contributed by atoms with Crippen LogP contribution in [0.1, 0.15) is 5.82 Å². The highest BCUT2D eigenvalue weighted by Gasteiger charge is 1.95. The van der Waals surface area contributed by atoms with Crippen LogP contribution in [0.5, 0.6) is 0 Å². The molecule has 0 radical (unpaired) electrons. The molecule has 0 bridgehead atoms. The number of rotatable bonds is 5. The van der Waals surface area contributed by atoms with Gasteiger partial charge in [-0.3, -0.25) is 0 Å². The molecule has 0 aliphatic rings. The van der Waals surface area contributed by atoms with Gasteiger partial charge in [0.1, 0.15) is 11.6 Å². The molecule has 0 amide bonds. The number of aromatic nitrogens is 2. The Balaban J connectivity index is 2.46. The summed E-state index contributed by atoms with van der Waals surface area (Å²) < 4.78 is 4.89. The van der Waals surface area contributed by atoms with Gasteiger partial charge in [0.2, 0.25) is 0 Å². The number of nitrogens with two attached hydrogens (primary N) is 1. The largest absolute Gasteiger partial charge is 0.383 e. The smallest absolute Gasteiger partial charge is 0.144 e. The molecule has 0 atom stereocenters. The van der Waals surface area contributed by atoms with Gasteiger partial charge in [-0.15, -0.1) is 0 Å². The van der Waals surface area contributed by atoms with Crippen molar-refractivity contribution in [2.24, 2.45) is 5.73 Å². The van der Waals surface area contributed by atoms with Crippen molar-refractivity contribution < 1.29 is 4.74 Å². The minimum Gasteiger partial charge on any atom is -0.383 e. The van der Waals surface area contributed by atoms with Crippen molar-refractivity contribution in [1.82, 2.24) is 9.97 Å². The van der Waals surface area contributed by atoms with Gasteiger partial charge >= 0.3 is 0 Å². The first-order valence-electron chi connectivity index (χ1n) is 4.11. The molecule has 1 aromatic rings. The molecule has 72 valence electrons. The average molecular weight is 182 g/mol. The molecule has 1 heterocycles. The second-order valence-electron chi connectivity index (χ2n) is 2.48. The fourth-order valence-electron chi connectivity index (χ4n) is 0.877. The van der Waals surface area contributed by atoms with Gasteiger partial charge in [0.05, 0.1) is 13.2 Å². The molecule has 5 heteroatoms. The van der Waals surface area contributed by atoms with E-state index in [2.05, 4.69) is 15.3 Å². The van der Waals surface area contributed by atoms with E-state index in [1.54, 1.807) is 19.4 Å². The summed E-state index contributed by atoms with van der Waals surface area (Å²) in [6.45, 7) is 1.75. The second-order valence-corrected chi connectivity index (χ2v) is 2.48. The summed E-state index contributed by atoms with van der Waals surface area (Å²) in [5.74, 6) is 1.43. The molecule has 0 aliphatic carbocycles. The predicted molar refractivity (Wildman–Crippen MR) is 50.3 cm³/mol. The summed E-state index contributed by atoms with van der Waals surface area (Å²) >= 11 is 0. The zero-order chi connectivity index (χ0) is 9.52. The molecular formula is C8H14N4O. The van der Waals surface area contributed by atoms with Gasteiger partial charge in [0.15, 0.2) is 0 Å². The highest BCUT2D eigenvalue weighted by molar-refractivity contribution is 5.32. The van der Waals surface area contributed by atoms with Gasteiger partial charge in [0, 0.05) is 19.9 Å². The van der Waals surface area contributed by atoms with Crippen LogP contribution >= 0.6 is 0 Å². The van der Waals surface area contributed by atoms with E-state index < -0.39 is 0 Å². The van der Waals surface area contributed by atoms with Gasteiger partial charge in [0.25, 0.3) is 0 Å². The predicted octanol–water partition coefficient (Wildman–Crippen LogP) is -0.00640. The highest BCUT2D eigenvalue weighted by Crippen LogP contribution is 2.00. The van der Waals surface area contributed by atoms with E-state index in [1.165, 1.54) is 0 Å². The fraction of sp³-hybridized carbons (Fsp3) is 0.500. The van der Waals surface area contributed by atoms with Gasteiger partial charge in [-0.05, 0) is 6.07 Å². The van der Waals surface area contributed by atoms with Crippen LogP contribution < -0.4 is 11.1 Å². The summed E-state index contributed by atoms with van der Waals surface area (Å²) in [5.41, 5.74) is 5.40. The number of hydrogen-bond donors (Lipinski definition) is 2. The Bertz CT molecular complexity index is 254. The van der Waals surface area contributed by atoms with Crippen molar-refractivity contribution in [3.8, 4) is 0 Å². The average Bonchev–Trinajstić information content (AvgIpc) is 2.19. The van der Waals surface area contributed by atoms with Gasteiger partial charge in [-0.25, -0.2) is 9.97 Å². The van der Waals surface area contributed by atoms with E-state index in [0.29, 0.717) is 19.0 Å². The number of nitrogens with one attached hydrogen (secondary N) is 1. The minimum absolute atomic E-state index is 0.361. The SMILES string of the molecule is COCCNc1ccnc(CN)n1. The molecule has 0 aliphatic heterocycles. The Kier molecular flexibility index (Phi) is 4.14. The summed E-state index contributed by atoms with van der Waals surface area (Å²) in [6.07, 6.45) is 1.68.